The van der Waals surface area contributed by atoms with Crippen LogP contribution < -0.4 is 14.8 Å². The third-order valence-corrected chi connectivity index (χ3v) is 5.94. The minimum Gasteiger partial charge on any atom is -0.494 e. The van der Waals surface area contributed by atoms with Crippen molar-refractivity contribution in [2.45, 2.75) is 24.9 Å². The Bertz CT molecular complexity index is 953. The molecule has 0 saturated carbocycles. The Morgan fingerprint density at radius 2 is 1.84 bits per heavy atom. The number of halogens is 1. The molecule has 0 aliphatic rings. The number of methoxy groups -OCH3 is 1. The molecule has 0 aromatic heterocycles. The number of rotatable bonds is 11. The largest absolute Gasteiger partial charge is 0.494 e. The number of sulfonamides is 1. The maximum absolute atomic E-state index is 12.4. The standard InChI is InChI=1S/C22H32N4O4S.HI/c1-5-30-20-11-9-18(10-12-20)17-26(3)22(23-2)24-16-19-7-6-8-21(15-19)31(27,28)25-13-14-29-4;/h6-12,15,25H,5,13-14,16-17H2,1-4H3,(H,23,24);1H. The number of guanidine groups is 1. The molecule has 0 saturated heterocycles. The van der Waals surface area contributed by atoms with E-state index in [1.54, 1.807) is 25.2 Å². The van der Waals surface area contributed by atoms with Crippen molar-refractivity contribution in [1.29, 1.82) is 0 Å². The number of nitrogens with zero attached hydrogens (tertiary/aromatic N) is 2. The van der Waals surface area contributed by atoms with Gasteiger partial charge in [0.2, 0.25) is 10.0 Å². The van der Waals surface area contributed by atoms with Crippen LogP contribution in [0.25, 0.3) is 0 Å². The maximum atomic E-state index is 12.4. The van der Waals surface area contributed by atoms with Crippen molar-refractivity contribution in [3.63, 3.8) is 0 Å². The molecule has 10 heteroatoms. The normalized spacial score (nSPS) is 11.6. The van der Waals surface area contributed by atoms with Crippen molar-refractivity contribution >= 4 is 40.0 Å². The Kier molecular flexibility index (Phi) is 12.6. The zero-order valence-electron chi connectivity index (χ0n) is 19.0. The van der Waals surface area contributed by atoms with E-state index >= 15 is 0 Å². The fraction of sp³-hybridized carbons (Fsp3) is 0.409. The van der Waals surface area contributed by atoms with Crippen molar-refractivity contribution in [3.8, 4) is 5.75 Å². The molecule has 0 heterocycles. The van der Waals surface area contributed by atoms with E-state index in [0.29, 0.717) is 32.3 Å². The second kappa shape index (κ2) is 14.3. The summed E-state index contributed by atoms with van der Waals surface area (Å²) in [5.41, 5.74) is 1.97. The minimum absolute atomic E-state index is 0. The highest BCUT2D eigenvalue weighted by molar-refractivity contribution is 14.0. The summed E-state index contributed by atoms with van der Waals surface area (Å²) >= 11 is 0. The first kappa shape index (κ1) is 28.1. The van der Waals surface area contributed by atoms with Gasteiger partial charge in [0.25, 0.3) is 0 Å². The molecule has 0 aliphatic heterocycles. The number of aliphatic imine (C=N–C) groups is 1. The molecule has 0 aliphatic carbocycles. The van der Waals surface area contributed by atoms with Crippen LogP contribution in [0.3, 0.4) is 0 Å². The van der Waals surface area contributed by atoms with Crippen LogP contribution in [0, 0.1) is 0 Å². The summed E-state index contributed by atoms with van der Waals surface area (Å²) in [7, 11) is 1.63. The molecule has 178 valence electrons. The molecule has 2 rings (SSSR count). The summed E-state index contributed by atoms with van der Waals surface area (Å²) in [5, 5.41) is 3.28. The van der Waals surface area contributed by atoms with E-state index in [1.807, 2.05) is 49.2 Å². The van der Waals surface area contributed by atoms with Crippen LogP contribution in [0.5, 0.6) is 5.75 Å². The van der Waals surface area contributed by atoms with Crippen molar-refractivity contribution < 1.29 is 17.9 Å². The molecule has 8 nitrogen and oxygen atoms in total. The number of nitrogens with one attached hydrogen (secondary N) is 2. The highest BCUT2D eigenvalue weighted by Gasteiger charge is 2.14. The van der Waals surface area contributed by atoms with Gasteiger partial charge in [-0.3, -0.25) is 4.99 Å². The van der Waals surface area contributed by atoms with Gasteiger partial charge >= 0.3 is 0 Å². The molecule has 32 heavy (non-hydrogen) atoms. The zero-order chi connectivity index (χ0) is 22.7. The molecule has 2 aromatic carbocycles. The van der Waals surface area contributed by atoms with Crippen LogP contribution in [0.2, 0.25) is 0 Å². The van der Waals surface area contributed by atoms with Gasteiger partial charge in [-0.2, -0.15) is 0 Å². The van der Waals surface area contributed by atoms with E-state index in [0.717, 1.165) is 16.9 Å². The van der Waals surface area contributed by atoms with Crippen LogP contribution in [0.4, 0.5) is 0 Å². The third-order valence-electron chi connectivity index (χ3n) is 4.49. The van der Waals surface area contributed by atoms with E-state index in [2.05, 4.69) is 15.0 Å². The average Bonchev–Trinajstić information content (AvgIpc) is 2.76. The lowest BCUT2D eigenvalue weighted by Gasteiger charge is -2.22. The van der Waals surface area contributed by atoms with Gasteiger partial charge in [-0.25, -0.2) is 13.1 Å². The summed E-state index contributed by atoms with van der Waals surface area (Å²) < 4.78 is 37.7. The number of ether oxygens (including phenoxy) is 2. The van der Waals surface area contributed by atoms with Crippen LogP contribution in [-0.4, -0.2) is 60.2 Å². The van der Waals surface area contributed by atoms with E-state index in [1.165, 1.54) is 7.11 Å². The molecule has 0 amide bonds. The SMILES string of the molecule is CCOc1ccc(CN(C)C(=NC)NCc2cccc(S(=O)(=O)NCCOC)c2)cc1.I. The van der Waals surface area contributed by atoms with Crippen molar-refractivity contribution in [1.82, 2.24) is 14.9 Å². The van der Waals surface area contributed by atoms with E-state index in [9.17, 15) is 8.42 Å². The lowest BCUT2D eigenvalue weighted by atomic mass is 10.2. The molecule has 0 bridgehead atoms. The predicted molar refractivity (Wildman–Crippen MR) is 138 cm³/mol. The highest BCUT2D eigenvalue weighted by Crippen LogP contribution is 2.14. The van der Waals surface area contributed by atoms with Crippen LogP contribution in [0.1, 0.15) is 18.1 Å². The van der Waals surface area contributed by atoms with Crippen molar-refractivity contribution in [3.05, 3.63) is 59.7 Å². The molecular weight excluding hydrogens is 543 g/mol. The molecule has 2 N–H and O–H groups in total. The molecule has 2 aromatic rings. The number of hydrogen-bond acceptors (Lipinski definition) is 5. The Labute approximate surface area is 208 Å². The Hall–Kier alpha value is -1.89. The maximum Gasteiger partial charge on any atom is 0.240 e. The van der Waals surface area contributed by atoms with E-state index < -0.39 is 10.0 Å². The first-order chi connectivity index (χ1) is 14.9. The van der Waals surface area contributed by atoms with Gasteiger partial charge in [0.05, 0.1) is 18.1 Å². The van der Waals surface area contributed by atoms with E-state index in [-0.39, 0.29) is 35.4 Å². The Morgan fingerprint density at radius 1 is 1.12 bits per heavy atom. The highest BCUT2D eigenvalue weighted by atomic mass is 127. The van der Waals surface area contributed by atoms with Gasteiger partial charge in [-0.05, 0) is 42.3 Å². The number of benzene rings is 2. The predicted octanol–water partition coefficient (Wildman–Crippen LogP) is 2.84. The second-order valence-corrected chi connectivity index (χ2v) is 8.64. The lowest BCUT2D eigenvalue weighted by Crippen LogP contribution is -2.38. The molecule has 0 unspecified atom stereocenters. The third kappa shape index (κ3) is 8.93. The Morgan fingerprint density at radius 3 is 2.47 bits per heavy atom. The molecule has 0 fully saturated rings. The fourth-order valence-electron chi connectivity index (χ4n) is 2.96. The summed E-state index contributed by atoms with van der Waals surface area (Å²) in [6.45, 7) is 4.26. The van der Waals surface area contributed by atoms with Crippen LogP contribution >= 0.6 is 24.0 Å². The fourth-order valence-corrected chi connectivity index (χ4v) is 4.04. The van der Waals surface area contributed by atoms with Crippen LogP contribution in [-0.2, 0) is 27.8 Å². The van der Waals surface area contributed by atoms with Gasteiger partial charge in [-0.15, -0.1) is 24.0 Å². The second-order valence-electron chi connectivity index (χ2n) is 6.87. The minimum atomic E-state index is -3.57. The van der Waals surface area contributed by atoms with Crippen molar-refractivity contribution in [2.75, 3.05) is 41.0 Å². The summed E-state index contributed by atoms with van der Waals surface area (Å²) in [6, 6.07) is 14.8. The zero-order valence-corrected chi connectivity index (χ0v) is 22.1. The van der Waals surface area contributed by atoms with Gasteiger partial charge < -0.3 is 19.7 Å². The monoisotopic (exact) mass is 576 g/mol. The van der Waals surface area contributed by atoms with Crippen molar-refractivity contribution in [2.24, 2.45) is 4.99 Å². The summed E-state index contributed by atoms with van der Waals surface area (Å²) in [4.78, 5) is 6.55. The number of hydrogen-bond donors (Lipinski definition) is 2. The lowest BCUT2D eigenvalue weighted by molar-refractivity contribution is 0.204. The summed E-state index contributed by atoms with van der Waals surface area (Å²) in [6.07, 6.45) is 0. The Balaban J connectivity index is 0.00000512. The van der Waals surface area contributed by atoms with Gasteiger partial charge in [0.15, 0.2) is 5.96 Å². The van der Waals surface area contributed by atoms with Gasteiger partial charge in [0, 0.05) is 40.8 Å². The molecular formula is C22H33IN4O4S. The molecule has 0 spiro atoms. The van der Waals surface area contributed by atoms with Gasteiger partial charge in [0.1, 0.15) is 5.75 Å². The van der Waals surface area contributed by atoms with E-state index in [4.69, 9.17) is 9.47 Å². The smallest absolute Gasteiger partial charge is 0.240 e. The first-order valence-electron chi connectivity index (χ1n) is 10.1. The van der Waals surface area contributed by atoms with Gasteiger partial charge in [-0.1, -0.05) is 24.3 Å². The molecule has 0 atom stereocenters. The summed E-state index contributed by atoms with van der Waals surface area (Å²) in [5.74, 6) is 1.56. The quantitative estimate of drug-likeness (QED) is 0.185. The average molecular weight is 577 g/mol. The first-order valence-corrected chi connectivity index (χ1v) is 11.6. The molecule has 0 radical (unpaired) electrons. The van der Waals surface area contributed by atoms with Crippen LogP contribution in [0.15, 0.2) is 58.4 Å². The topological polar surface area (TPSA) is 92.3 Å².